The van der Waals surface area contributed by atoms with Gasteiger partial charge in [-0.05, 0) is 42.0 Å². The van der Waals surface area contributed by atoms with E-state index in [9.17, 15) is 13.2 Å². The predicted octanol–water partition coefficient (Wildman–Crippen LogP) is 2.35. The highest BCUT2D eigenvalue weighted by Crippen LogP contribution is 2.31. The summed E-state index contributed by atoms with van der Waals surface area (Å²) in [5.41, 5.74) is 2.34. The first-order chi connectivity index (χ1) is 15.5. The molecule has 1 fully saturated rings. The number of sulfonamides is 1. The molecule has 6 nitrogen and oxygen atoms in total. The fourth-order valence-electron chi connectivity index (χ4n) is 5.25. The van der Waals surface area contributed by atoms with Crippen molar-refractivity contribution >= 4 is 27.0 Å². The summed E-state index contributed by atoms with van der Waals surface area (Å²) in [6, 6.07) is 17.4. The van der Waals surface area contributed by atoms with E-state index in [0.29, 0.717) is 18.4 Å². The lowest BCUT2D eigenvalue weighted by Gasteiger charge is -2.40. The SMILES string of the molecule is O=c1c(NS(=O)(=O)c2cccs2)ccc2n1C[C@H]1C[C@@H]2C[NH+](CCCc2ccccc2)C1. The number of thiophene rings is 1. The lowest BCUT2D eigenvalue weighted by atomic mass is 9.83. The summed E-state index contributed by atoms with van der Waals surface area (Å²) >= 11 is 1.14. The maximum Gasteiger partial charge on any atom is 0.275 e. The van der Waals surface area contributed by atoms with Crippen LogP contribution in [0, 0.1) is 5.92 Å². The lowest BCUT2D eigenvalue weighted by molar-refractivity contribution is -0.911. The van der Waals surface area contributed by atoms with Gasteiger partial charge >= 0.3 is 0 Å². The zero-order valence-corrected chi connectivity index (χ0v) is 19.5. The van der Waals surface area contributed by atoms with Crippen LogP contribution < -0.4 is 15.2 Å². The van der Waals surface area contributed by atoms with Crippen molar-refractivity contribution in [3.63, 3.8) is 0 Å². The monoisotopic (exact) mass is 470 g/mol. The molecule has 2 bridgehead atoms. The van der Waals surface area contributed by atoms with E-state index in [-0.39, 0.29) is 15.5 Å². The summed E-state index contributed by atoms with van der Waals surface area (Å²) in [6.07, 6.45) is 3.38. The van der Waals surface area contributed by atoms with Crippen LogP contribution in [0.1, 0.15) is 30.0 Å². The van der Waals surface area contributed by atoms with Crippen molar-refractivity contribution in [2.75, 3.05) is 24.4 Å². The summed E-state index contributed by atoms with van der Waals surface area (Å²) in [4.78, 5) is 14.7. The minimum absolute atomic E-state index is 0.134. The number of rotatable bonds is 7. The molecule has 2 aliphatic heterocycles. The van der Waals surface area contributed by atoms with E-state index in [1.165, 1.54) is 5.56 Å². The Hall–Kier alpha value is -2.42. The second kappa shape index (κ2) is 8.84. The number of quaternary nitrogens is 1. The number of aromatic nitrogens is 1. The summed E-state index contributed by atoms with van der Waals surface area (Å²) in [5, 5.41) is 1.71. The number of nitrogens with zero attached hydrogens (tertiary/aromatic N) is 1. The second-order valence-electron chi connectivity index (χ2n) is 8.92. The van der Waals surface area contributed by atoms with E-state index in [1.807, 2.05) is 10.6 Å². The van der Waals surface area contributed by atoms with Crippen LogP contribution in [-0.4, -0.2) is 32.6 Å². The maximum atomic E-state index is 13.1. The fraction of sp³-hybridized carbons (Fsp3) is 0.375. The third-order valence-electron chi connectivity index (χ3n) is 6.64. The topological polar surface area (TPSA) is 72.6 Å². The Bertz CT molecular complexity index is 1240. The van der Waals surface area contributed by atoms with Gasteiger partial charge in [-0.25, -0.2) is 8.42 Å². The smallest absolute Gasteiger partial charge is 0.275 e. The number of pyridine rings is 1. The Morgan fingerprint density at radius 2 is 1.91 bits per heavy atom. The molecule has 168 valence electrons. The van der Waals surface area contributed by atoms with Gasteiger partial charge in [0.15, 0.2) is 0 Å². The van der Waals surface area contributed by atoms with Crippen molar-refractivity contribution in [1.29, 1.82) is 0 Å². The molecule has 0 spiro atoms. The van der Waals surface area contributed by atoms with Crippen molar-refractivity contribution in [3.05, 3.63) is 81.6 Å². The molecule has 8 heteroatoms. The molecule has 0 saturated carbocycles. The Kier molecular flexibility index (Phi) is 5.92. The van der Waals surface area contributed by atoms with Gasteiger partial charge in [-0.3, -0.25) is 9.52 Å². The van der Waals surface area contributed by atoms with Gasteiger partial charge in [0.2, 0.25) is 0 Å². The highest BCUT2D eigenvalue weighted by molar-refractivity contribution is 7.94. The van der Waals surface area contributed by atoms with Gasteiger partial charge in [-0.1, -0.05) is 36.4 Å². The molecule has 2 aliphatic rings. The zero-order valence-electron chi connectivity index (χ0n) is 17.9. The van der Waals surface area contributed by atoms with Crippen LogP contribution >= 0.6 is 11.3 Å². The zero-order chi connectivity index (χ0) is 22.1. The molecule has 32 heavy (non-hydrogen) atoms. The predicted molar refractivity (Wildman–Crippen MR) is 127 cm³/mol. The number of aryl methyl sites for hydroxylation is 1. The number of piperidine rings is 1. The molecule has 2 N–H and O–H groups in total. The molecule has 0 aliphatic carbocycles. The van der Waals surface area contributed by atoms with Crippen LogP contribution in [-0.2, 0) is 23.0 Å². The van der Waals surface area contributed by atoms with E-state index >= 15 is 0 Å². The number of nitrogens with one attached hydrogen (secondary N) is 2. The highest BCUT2D eigenvalue weighted by atomic mass is 32.2. The summed E-state index contributed by atoms with van der Waals surface area (Å²) in [5.74, 6) is 0.805. The van der Waals surface area contributed by atoms with Crippen molar-refractivity contribution < 1.29 is 13.3 Å². The van der Waals surface area contributed by atoms with Gasteiger partial charge in [-0.2, -0.15) is 0 Å². The van der Waals surface area contributed by atoms with Gasteiger partial charge < -0.3 is 9.47 Å². The first kappa shape index (κ1) is 21.4. The molecule has 3 atom stereocenters. The van der Waals surface area contributed by atoms with Gasteiger partial charge in [0.05, 0.1) is 19.6 Å². The van der Waals surface area contributed by atoms with Crippen LogP contribution in [0.25, 0.3) is 0 Å². The van der Waals surface area contributed by atoms with Gasteiger partial charge in [0, 0.05) is 30.5 Å². The summed E-state index contributed by atoms with van der Waals surface area (Å²) < 4.78 is 29.7. The van der Waals surface area contributed by atoms with E-state index in [0.717, 1.165) is 55.9 Å². The fourth-order valence-corrected chi connectivity index (χ4v) is 7.30. The summed E-state index contributed by atoms with van der Waals surface area (Å²) in [6.45, 7) is 3.92. The number of anilines is 1. The molecule has 1 unspecified atom stereocenters. The van der Waals surface area contributed by atoms with Gasteiger partial charge in [-0.15, -0.1) is 11.3 Å². The van der Waals surface area contributed by atoms with Gasteiger partial charge in [0.1, 0.15) is 9.90 Å². The number of likely N-dealkylation sites (tertiary alicyclic amines) is 1. The summed E-state index contributed by atoms with van der Waals surface area (Å²) in [7, 11) is -3.73. The minimum Gasteiger partial charge on any atom is -0.334 e. The number of fused-ring (bicyclic) bond motifs is 4. The number of hydrogen-bond donors (Lipinski definition) is 2. The first-order valence-corrected chi connectivity index (χ1v) is 13.5. The Balaban J connectivity index is 1.29. The molecule has 4 heterocycles. The molecule has 5 rings (SSSR count). The van der Waals surface area contributed by atoms with Crippen LogP contribution in [0.5, 0.6) is 0 Å². The Morgan fingerprint density at radius 3 is 2.69 bits per heavy atom. The average molecular weight is 471 g/mol. The Labute approximate surface area is 192 Å². The molecule has 3 aromatic rings. The van der Waals surface area contributed by atoms with E-state index in [1.54, 1.807) is 28.5 Å². The Morgan fingerprint density at radius 1 is 1.06 bits per heavy atom. The molecule has 0 radical (unpaired) electrons. The van der Waals surface area contributed by atoms with E-state index < -0.39 is 10.0 Å². The minimum atomic E-state index is -3.73. The van der Waals surface area contributed by atoms with Crippen LogP contribution in [0.3, 0.4) is 0 Å². The molecule has 2 aromatic heterocycles. The number of hydrogen-bond acceptors (Lipinski definition) is 4. The van der Waals surface area contributed by atoms with E-state index in [2.05, 4.69) is 35.1 Å². The molecular formula is C24H28N3O3S2+. The third kappa shape index (κ3) is 4.40. The largest absolute Gasteiger partial charge is 0.334 e. The quantitative estimate of drug-likeness (QED) is 0.557. The van der Waals surface area contributed by atoms with Crippen LogP contribution in [0.15, 0.2) is 69.0 Å². The van der Waals surface area contributed by atoms with Crippen molar-refractivity contribution in [1.82, 2.24) is 4.57 Å². The molecule has 1 saturated heterocycles. The standard InChI is InChI=1S/C24H27N3O3S2/c28-24-21(25-32(29,30)23-9-5-13-31-23)10-11-22-20-14-19(16-27(22)24)15-26(17-20)12-4-8-18-6-2-1-3-7-18/h1-3,5-7,9-11,13,19-20,25H,4,8,12,14-17H2/p+1/t19-,20+/m0/s1. The van der Waals surface area contributed by atoms with Crippen molar-refractivity contribution in [2.24, 2.45) is 5.92 Å². The normalized spacial score (nSPS) is 22.3. The molecular weight excluding hydrogens is 442 g/mol. The van der Waals surface area contributed by atoms with Gasteiger partial charge in [0.25, 0.3) is 15.6 Å². The second-order valence-corrected chi connectivity index (χ2v) is 11.8. The third-order valence-corrected chi connectivity index (χ3v) is 9.40. The number of benzene rings is 1. The molecule has 1 aromatic carbocycles. The highest BCUT2D eigenvalue weighted by Gasteiger charge is 2.37. The van der Waals surface area contributed by atoms with Crippen molar-refractivity contribution in [3.8, 4) is 0 Å². The first-order valence-electron chi connectivity index (χ1n) is 11.2. The molecule has 0 amide bonds. The average Bonchev–Trinajstić information content (AvgIpc) is 3.33. The maximum absolute atomic E-state index is 13.1. The van der Waals surface area contributed by atoms with Crippen LogP contribution in [0.4, 0.5) is 5.69 Å². The van der Waals surface area contributed by atoms with Crippen LogP contribution in [0.2, 0.25) is 0 Å². The lowest BCUT2D eigenvalue weighted by Crippen LogP contribution is -3.14. The van der Waals surface area contributed by atoms with Crippen molar-refractivity contribution in [2.45, 2.75) is 35.9 Å². The van der Waals surface area contributed by atoms with E-state index in [4.69, 9.17) is 0 Å².